The van der Waals surface area contributed by atoms with E-state index < -0.39 is 11.9 Å². The Labute approximate surface area is 106 Å². The minimum Gasteiger partial charge on any atom is -0.478 e. The number of nitrogens with zero attached hydrogens (tertiary/aromatic N) is 3. The molecule has 2 N–H and O–H groups in total. The number of aryl methyl sites for hydroxylation is 2. The molecule has 0 unspecified atom stereocenters. The van der Waals surface area contributed by atoms with Gasteiger partial charge in [-0.25, -0.2) is 9.78 Å². The lowest BCUT2D eigenvalue weighted by Gasteiger charge is -2.03. The SMILES string of the molecule is Cc1cnc(NC(=O)c2c(C(=O)O)cnn2C)s1. The molecule has 0 aliphatic heterocycles. The van der Waals surface area contributed by atoms with Crippen LogP contribution in [0.5, 0.6) is 0 Å². The van der Waals surface area contributed by atoms with Gasteiger partial charge in [-0.3, -0.25) is 14.8 Å². The predicted molar refractivity (Wildman–Crippen MR) is 65.0 cm³/mol. The van der Waals surface area contributed by atoms with E-state index in [-0.39, 0.29) is 11.3 Å². The van der Waals surface area contributed by atoms with Gasteiger partial charge in [0.1, 0.15) is 11.3 Å². The standard InChI is InChI=1S/C10H10N4O3S/c1-5-3-11-10(18-5)13-8(15)7-6(9(16)17)4-12-14(7)2/h3-4H,1-2H3,(H,16,17)(H,11,13,15). The zero-order valence-electron chi connectivity index (χ0n) is 9.67. The van der Waals surface area contributed by atoms with E-state index >= 15 is 0 Å². The quantitative estimate of drug-likeness (QED) is 0.868. The Morgan fingerprint density at radius 3 is 2.72 bits per heavy atom. The van der Waals surface area contributed by atoms with Crippen molar-refractivity contribution in [2.45, 2.75) is 6.92 Å². The first-order valence-corrected chi connectivity index (χ1v) is 5.79. The number of hydrogen-bond acceptors (Lipinski definition) is 5. The number of carboxylic acid groups (broad SMARTS) is 1. The van der Waals surface area contributed by atoms with Crippen LogP contribution >= 0.6 is 11.3 Å². The van der Waals surface area contributed by atoms with Gasteiger partial charge < -0.3 is 5.11 Å². The summed E-state index contributed by atoms with van der Waals surface area (Å²) in [7, 11) is 1.51. The molecule has 2 aromatic rings. The molecule has 2 aromatic heterocycles. The summed E-state index contributed by atoms with van der Waals surface area (Å²) in [6.45, 7) is 1.86. The molecule has 0 aliphatic rings. The van der Waals surface area contributed by atoms with Crippen molar-refractivity contribution in [3.05, 3.63) is 28.5 Å². The maximum Gasteiger partial charge on any atom is 0.339 e. The lowest BCUT2D eigenvalue weighted by atomic mass is 10.2. The van der Waals surface area contributed by atoms with E-state index in [1.807, 2.05) is 6.92 Å². The minimum absolute atomic E-state index is 0.00430. The summed E-state index contributed by atoms with van der Waals surface area (Å²) in [6.07, 6.45) is 2.77. The number of amides is 1. The van der Waals surface area contributed by atoms with E-state index in [9.17, 15) is 9.59 Å². The molecule has 0 spiro atoms. The fraction of sp³-hybridized carbons (Fsp3) is 0.200. The Bertz CT molecular complexity index is 616. The number of hydrogen-bond donors (Lipinski definition) is 2. The van der Waals surface area contributed by atoms with Crippen LogP contribution < -0.4 is 5.32 Å². The number of thiazole rings is 1. The predicted octanol–water partition coefficient (Wildman–Crippen LogP) is 1.14. The maximum atomic E-state index is 12.0. The van der Waals surface area contributed by atoms with Crippen molar-refractivity contribution in [2.24, 2.45) is 7.05 Å². The highest BCUT2D eigenvalue weighted by molar-refractivity contribution is 7.15. The third-order valence-corrected chi connectivity index (χ3v) is 3.05. The van der Waals surface area contributed by atoms with Crippen molar-refractivity contribution in [3.63, 3.8) is 0 Å². The van der Waals surface area contributed by atoms with Gasteiger partial charge in [0, 0.05) is 18.1 Å². The van der Waals surface area contributed by atoms with E-state index in [0.29, 0.717) is 5.13 Å². The Kier molecular flexibility index (Phi) is 3.11. The minimum atomic E-state index is -1.19. The second kappa shape index (κ2) is 4.57. The van der Waals surface area contributed by atoms with Gasteiger partial charge in [0.25, 0.3) is 5.91 Å². The van der Waals surface area contributed by atoms with Crippen LogP contribution in [0, 0.1) is 6.92 Å². The second-order valence-electron chi connectivity index (χ2n) is 3.57. The number of nitrogens with one attached hydrogen (secondary N) is 1. The monoisotopic (exact) mass is 266 g/mol. The van der Waals surface area contributed by atoms with Crippen molar-refractivity contribution in [1.29, 1.82) is 0 Å². The van der Waals surface area contributed by atoms with Crippen LogP contribution in [0.1, 0.15) is 25.7 Å². The Morgan fingerprint density at radius 1 is 1.44 bits per heavy atom. The molecule has 0 bridgehead atoms. The molecule has 0 aromatic carbocycles. The van der Waals surface area contributed by atoms with Gasteiger partial charge in [-0.05, 0) is 6.92 Å². The molecule has 0 saturated heterocycles. The summed E-state index contributed by atoms with van der Waals surface area (Å²) in [5.41, 5.74) is -0.140. The molecular formula is C10H10N4O3S. The summed E-state index contributed by atoms with van der Waals surface area (Å²) in [6, 6.07) is 0. The summed E-state index contributed by atoms with van der Waals surface area (Å²) < 4.78 is 1.22. The Balaban J connectivity index is 2.29. The molecular weight excluding hydrogens is 256 g/mol. The first-order valence-electron chi connectivity index (χ1n) is 4.98. The van der Waals surface area contributed by atoms with Crippen molar-refractivity contribution in [2.75, 3.05) is 5.32 Å². The third kappa shape index (κ3) is 2.23. The van der Waals surface area contributed by atoms with E-state index in [0.717, 1.165) is 11.1 Å². The summed E-state index contributed by atoms with van der Waals surface area (Å²) in [4.78, 5) is 27.8. The fourth-order valence-corrected chi connectivity index (χ4v) is 2.09. The second-order valence-corrected chi connectivity index (χ2v) is 4.80. The molecule has 0 aliphatic carbocycles. The van der Waals surface area contributed by atoms with Crippen molar-refractivity contribution in [1.82, 2.24) is 14.8 Å². The van der Waals surface area contributed by atoms with Crippen LogP contribution in [-0.4, -0.2) is 31.7 Å². The van der Waals surface area contributed by atoms with Gasteiger partial charge in [-0.15, -0.1) is 11.3 Å². The summed E-state index contributed by atoms with van der Waals surface area (Å²) in [5.74, 6) is -1.73. The third-order valence-electron chi connectivity index (χ3n) is 2.23. The van der Waals surface area contributed by atoms with Gasteiger partial charge >= 0.3 is 5.97 Å². The van der Waals surface area contributed by atoms with Crippen molar-refractivity contribution >= 4 is 28.3 Å². The van der Waals surface area contributed by atoms with Crippen molar-refractivity contribution < 1.29 is 14.7 Å². The normalized spacial score (nSPS) is 10.3. The van der Waals surface area contributed by atoms with Crippen LogP contribution in [0.4, 0.5) is 5.13 Å². The molecule has 2 rings (SSSR count). The average Bonchev–Trinajstić information content (AvgIpc) is 2.85. The number of anilines is 1. The number of aromatic nitrogens is 3. The molecule has 0 radical (unpaired) electrons. The topological polar surface area (TPSA) is 97.1 Å². The molecule has 94 valence electrons. The molecule has 0 saturated carbocycles. The Hall–Kier alpha value is -2.22. The van der Waals surface area contributed by atoms with Gasteiger partial charge in [0.2, 0.25) is 0 Å². The molecule has 0 atom stereocenters. The lowest BCUT2D eigenvalue weighted by molar-refractivity contribution is 0.0692. The summed E-state index contributed by atoms with van der Waals surface area (Å²) in [5, 5.41) is 15.7. The zero-order chi connectivity index (χ0) is 13.3. The highest BCUT2D eigenvalue weighted by Crippen LogP contribution is 2.18. The van der Waals surface area contributed by atoms with E-state index in [2.05, 4.69) is 15.4 Å². The average molecular weight is 266 g/mol. The number of rotatable bonds is 3. The fourth-order valence-electron chi connectivity index (χ4n) is 1.43. The maximum absolute atomic E-state index is 12.0. The van der Waals surface area contributed by atoms with Gasteiger partial charge in [0.05, 0.1) is 6.20 Å². The van der Waals surface area contributed by atoms with Crippen LogP contribution in [0.15, 0.2) is 12.4 Å². The lowest BCUT2D eigenvalue weighted by Crippen LogP contribution is -2.19. The molecule has 2 heterocycles. The van der Waals surface area contributed by atoms with Crippen LogP contribution in [0.2, 0.25) is 0 Å². The molecule has 1 amide bonds. The van der Waals surface area contributed by atoms with Crippen LogP contribution in [-0.2, 0) is 7.05 Å². The number of aromatic carboxylic acids is 1. The number of carbonyl (C=O) groups excluding carboxylic acids is 1. The largest absolute Gasteiger partial charge is 0.478 e. The first-order chi connectivity index (χ1) is 8.49. The zero-order valence-corrected chi connectivity index (χ0v) is 10.5. The van der Waals surface area contributed by atoms with Crippen LogP contribution in [0.25, 0.3) is 0 Å². The van der Waals surface area contributed by atoms with Crippen LogP contribution in [0.3, 0.4) is 0 Å². The molecule has 7 nitrogen and oxygen atoms in total. The van der Waals surface area contributed by atoms with E-state index in [1.165, 1.54) is 23.1 Å². The smallest absolute Gasteiger partial charge is 0.339 e. The molecule has 0 fully saturated rings. The highest BCUT2D eigenvalue weighted by Gasteiger charge is 2.22. The van der Waals surface area contributed by atoms with E-state index in [1.54, 1.807) is 6.20 Å². The highest BCUT2D eigenvalue weighted by atomic mass is 32.1. The Morgan fingerprint density at radius 2 is 2.17 bits per heavy atom. The molecule has 18 heavy (non-hydrogen) atoms. The van der Waals surface area contributed by atoms with Gasteiger partial charge in [-0.1, -0.05) is 0 Å². The number of carbonyl (C=O) groups is 2. The van der Waals surface area contributed by atoms with Gasteiger partial charge in [-0.2, -0.15) is 5.10 Å². The number of carboxylic acids is 1. The van der Waals surface area contributed by atoms with E-state index in [4.69, 9.17) is 5.11 Å². The molecule has 8 heteroatoms. The van der Waals surface area contributed by atoms with Crippen molar-refractivity contribution in [3.8, 4) is 0 Å². The van der Waals surface area contributed by atoms with Gasteiger partial charge in [0.15, 0.2) is 5.13 Å². The summed E-state index contributed by atoms with van der Waals surface area (Å²) >= 11 is 1.31. The first kappa shape index (κ1) is 12.2.